The van der Waals surface area contributed by atoms with Crippen LogP contribution in [0.5, 0.6) is 0 Å². The molecule has 1 atom stereocenters. The van der Waals surface area contributed by atoms with Crippen molar-refractivity contribution >= 4 is 5.69 Å². The molecule has 1 rings (SSSR count). The van der Waals surface area contributed by atoms with Gasteiger partial charge < -0.3 is 10.2 Å². The van der Waals surface area contributed by atoms with Gasteiger partial charge in [-0.2, -0.15) is 0 Å². The van der Waals surface area contributed by atoms with Crippen LogP contribution in [0.3, 0.4) is 0 Å². The van der Waals surface area contributed by atoms with E-state index in [0.717, 1.165) is 13.1 Å². The van der Waals surface area contributed by atoms with Crippen LogP contribution >= 0.6 is 0 Å². The van der Waals surface area contributed by atoms with Crippen molar-refractivity contribution < 1.29 is 0 Å². The molecule has 1 aromatic carbocycles. The van der Waals surface area contributed by atoms with Crippen LogP contribution in [0.25, 0.3) is 0 Å². The minimum atomic E-state index is 0.547. The van der Waals surface area contributed by atoms with E-state index < -0.39 is 0 Å². The highest BCUT2D eigenvalue weighted by molar-refractivity contribution is 5.53. The molecule has 0 aliphatic heterocycles. The van der Waals surface area contributed by atoms with Gasteiger partial charge in [-0.05, 0) is 36.9 Å². The topological polar surface area (TPSA) is 15.3 Å². The third kappa shape index (κ3) is 4.87. The van der Waals surface area contributed by atoms with E-state index in [4.69, 9.17) is 0 Å². The molecule has 0 fully saturated rings. The number of hydrogen-bond acceptors (Lipinski definition) is 2. The van der Waals surface area contributed by atoms with Crippen LogP contribution in [-0.2, 0) is 6.54 Å². The number of anilines is 1. The summed E-state index contributed by atoms with van der Waals surface area (Å²) in [6.07, 6.45) is 0. The second kappa shape index (κ2) is 7.54. The Hall–Kier alpha value is -1.02. The zero-order valence-corrected chi connectivity index (χ0v) is 13.4. The van der Waals surface area contributed by atoms with Crippen LogP contribution in [-0.4, -0.2) is 19.6 Å². The normalized spacial score (nSPS) is 13.1. The Kier molecular flexibility index (Phi) is 6.36. The van der Waals surface area contributed by atoms with E-state index in [2.05, 4.69) is 76.1 Å². The summed E-state index contributed by atoms with van der Waals surface area (Å²) in [4.78, 5) is 2.40. The average Bonchev–Trinajstić information content (AvgIpc) is 2.37. The molecule has 2 heteroatoms. The van der Waals surface area contributed by atoms with E-state index in [0.29, 0.717) is 17.9 Å². The summed E-state index contributed by atoms with van der Waals surface area (Å²) in [6.45, 7) is 13.4. The smallest absolute Gasteiger partial charge is 0.0411 e. The Bertz CT molecular complexity index is 371. The number of rotatable bonds is 7. The van der Waals surface area contributed by atoms with Gasteiger partial charge in [0.25, 0.3) is 0 Å². The molecule has 0 aliphatic carbocycles. The highest BCUT2D eigenvalue weighted by Gasteiger charge is 2.15. The van der Waals surface area contributed by atoms with Gasteiger partial charge in [0, 0.05) is 25.3 Å². The van der Waals surface area contributed by atoms with Gasteiger partial charge in [-0.15, -0.1) is 0 Å². The first kappa shape index (κ1) is 16.0. The Balaban J connectivity index is 2.77. The summed E-state index contributed by atoms with van der Waals surface area (Å²) in [6, 6.07) is 9.26. The number of hydrogen-bond donors (Lipinski definition) is 1. The summed E-state index contributed by atoms with van der Waals surface area (Å²) in [5, 5.41) is 3.54. The molecule has 1 N–H and O–H groups in total. The van der Waals surface area contributed by atoms with Crippen LogP contribution in [0, 0.1) is 11.8 Å². The van der Waals surface area contributed by atoms with E-state index >= 15 is 0 Å². The second-order valence-electron chi connectivity index (χ2n) is 6.25. The van der Waals surface area contributed by atoms with Crippen molar-refractivity contribution in [3.63, 3.8) is 0 Å². The molecule has 1 unspecified atom stereocenters. The zero-order valence-electron chi connectivity index (χ0n) is 13.4. The van der Waals surface area contributed by atoms with E-state index in [1.54, 1.807) is 0 Å². The maximum absolute atomic E-state index is 3.54. The van der Waals surface area contributed by atoms with Gasteiger partial charge in [0.2, 0.25) is 0 Å². The van der Waals surface area contributed by atoms with Gasteiger partial charge in [-0.3, -0.25) is 0 Å². The zero-order chi connectivity index (χ0) is 14.4. The summed E-state index contributed by atoms with van der Waals surface area (Å²) >= 11 is 0. The van der Waals surface area contributed by atoms with Crippen molar-refractivity contribution in [3.05, 3.63) is 29.8 Å². The fourth-order valence-electron chi connectivity index (χ4n) is 2.17. The predicted octanol–water partition coefficient (Wildman–Crippen LogP) is 3.91. The van der Waals surface area contributed by atoms with Crippen molar-refractivity contribution in [1.82, 2.24) is 5.32 Å². The van der Waals surface area contributed by atoms with Crippen LogP contribution < -0.4 is 10.2 Å². The molecule has 0 bridgehead atoms. The fraction of sp³-hybridized carbons (Fsp3) is 0.647. The molecule has 0 saturated heterocycles. The molecular formula is C17H30N2. The monoisotopic (exact) mass is 262 g/mol. The Labute approximate surface area is 119 Å². The van der Waals surface area contributed by atoms with E-state index in [9.17, 15) is 0 Å². The quantitative estimate of drug-likeness (QED) is 0.801. The van der Waals surface area contributed by atoms with Crippen molar-refractivity contribution in [2.45, 2.75) is 47.2 Å². The van der Waals surface area contributed by atoms with Gasteiger partial charge in [-0.1, -0.05) is 45.9 Å². The predicted molar refractivity (Wildman–Crippen MR) is 85.7 cm³/mol. The molecule has 0 aliphatic rings. The Morgan fingerprint density at radius 1 is 1.05 bits per heavy atom. The first-order chi connectivity index (χ1) is 8.93. The number of benzene rings is 1. The standard InChI is InChI=1S/C17H30N2/c1-13(2)11-18-12-16-9-7-8-10-17(16)19(6)15(5)14(3)4/h7-10,13-15,18H,11-12H2,1-6H3. The van der Waals surface area contributed by atoms with Gasteiger partial charge >= 0.3 is 0 Å². The summed E-state index contributed by atoms with van der Waals surface area (Å²) in [5.41, 5.74) is 2.73. The Morgan fingerprint density at radius 2 is 1.68 bits per heavy atom. The fourth-order valence-corrected chi connectivity index (χ4v) is 2.17. The first-order valence-corrected chi connectivity index (χ1v) is 7.45. The molecule has 0 aromatic heterocycles. The van der Waals surface area contributed by atoms with Gasteiger partial charge in [0.05, 0.1) is 0 Å². The lowest BCUT2D eigenvalue weighted by Gasteiger charge is -2.31. The van der Waals surface area contributed by atoms with Crippen molar-refractivity contribution in [2.75, 3.05) is 18.5 Å². The lowest BCUT2D eigenvalue weighted by Crippen LogP contribution is -2.34. The average molecular weight is 262 g/mol. The SMILES string of the molecule is CC(C)CNCc1ccccc1N(C)C(C)C(C)C. The molecule has 0 heterocycles. The van der Waals surface area contributed by atoms with Crippen LogP contribution in [0.4, 0.5) is 5.69 Å². The summed E-state index contributed by atoms with van der Waals surface area (Å²) < 4.78 is 0. The van der Waals surface area contributed by atoms with Crippen molar-refractivity contribution in [2.24, 2.45) is 11.8 Å². The Morgan fingerprint density at radius 3 is 2.26 bits per heavy atom. The van der Waals surface area contributed by atoms with E-state index in [-0.39, 0.29) is 0 Å². The molecule has 108 valence electrons. The molecule has 0 saturated carbocycles. The molecule has 2 nitrogen and oxygen atoms in total. The van der Waals surface area contributed by atoms with Crippen molar-refractivity contribution in [1.29, 1.82) is 0 Å². The maximum Gasteiger partial charge on any atom is 0.0411 e. The second-order valence-corrected chi connectivity index (χ2v) is 6.25. The van der Waals surface area contributed by atoms with E-state index in [1.807, 2.05) is 0 Å². The lowest BCUT2D eigenvalue weighted by molar-refractivity contribution is 0.503. The third-order valence-corrected chi connectivity index (χ3v) is 3.82. The van der Waals surface area contributed by atoms with Crippen LogP contribution in [0.15, 0.2) is 24.3 Å². The van der Waals surface area contributed by atoms with Crippen LogP contribution in [0.1, 0.15) is 40.2 Å². The van der Waals surface area contributed by atoms with E-state index in [1.165, 1.54) is 11.3 Å². The van der Waals surface area contributed by atoms with Crippen LogP contribution in [0.2, 0.25) is 0 Å². The maximum atomic E-state index is 3.54. The minimum Gasteiger partial charge on any atom is -0.371 e. The third-order valence-electron chi connectivity index (χ3n) is 3.82. The molecular weight excluding hydrogens is 232 g/mol. The first-order valence-electron chi connectivity index (χ1n) is 7.45. The van der Waals surface area contributed by atoms with Crippen molar-refractivity contribution in [3.8, 4) is 0 Å². The highest BCUT2D eigenvalue weighted by atomic mass is 15.1. The molecule has 0 amide bonds. The molecule has 0 radical (unpaired) electrons. The largest absolute Gasteiger partial charge is 0.371 e. The van der Waals surface area contributed by atoms with Gasteiger partial charge in [0.1, 0.15) is 0 Å². The summed E-state index contributed by atoms with van der Waals surface area (Å²) in [5.74, 6) is 1.35. The molecule has 0 spiro atoms. The van der Waals surface area contributed by atoms with Gasteiger partial charge in [0.15, 0.2) is 0 Å². The molecule has 1 aromatic rings. The minimum absolute atomic E-state index is 0.547. The number of nitrogens with zero attached hydrogens (tertiary/aromatic N) is 1. The molecule has 19 heavy (non-hydrogen) atoms. The van der Waals surface area contributed by atoms with Gasteiger partial charge in [-0.25, -0.2) is 0 Å². The number of nitrogens with one attached hydrogen (secondary N) is 1. The lowest BCUT2D eigenvalue weighted by atomic mass is 10.0. The summed E-state index contributed by atoms with van der Waals surface area (Å²) in [7, 11) is 2.20. The highest BCUT2D eigenvalue weighted by Crippen LogP contribution is 2.23. The number of para-hydroxylation sites is 1.